The maximum atomic E-state index is 13.5. The first kappa shape index (κ1) is 24.0. The Hall–Kier alpha value is -3.17. The molecule has 4 rings (SSSR count). The third-order valence-corrected chi connectivity index (χ3v) is 7.09. The minimum absolute atomic E-state index is 0.00968. The normalized spacial score (nSPS) is 15.9. The van der Waals surface area contributed by atoms with Gasteiger partial charge in [0, 0.05) is 18.8 Å². The van der Waals surface area contributed by atoms with Gasteiger partial charge in [0.1, 0.15) is 21.5 Å². The topological polar surface area (TPSA) is 75.9 Å². The fourth-order valence-corrected chi connectivity index (χ4v) is 5.07. The van der Waals surface area contributed by atoms with Gasteiger partial charge in [0.05, 0.1) is 17.6 Å². The van der Waals surface area contributed by atoms with Gasteiger partial charge in [-0.2, -0.15) is 0 Å². The molecule has 1 fully saturated rings. The molecule has 0 spiro atoms. The summed E-state index contributed by atoms with van der Waals surface area (Å²) >= 11 is 6.67. The molecule has 7 nitrogen and oxygen atoms in total. The lowest BCUT2D eigenvalue weighted by atomic mass is 10.2. The second-order valence-electron chi connectivity index (χ2n) is 8.12. The van der Waals surface area contributed by atoms with E-state index >= 15 is 0 Å². The van der Waals surface area contributed by atoms with Crippen LogP contribution >= 0.6 is 24.0 Å². The van der Waals surface area contributed by atoms with Crippen LogP contribution in [0.5, 0.6) is 5.75 Å². The number of carbonyl (C=O) groups excluding carboxylic acids is 1. The van der Waals surface area contributed by atoms with E-state index in [9.17, 15) is 9.59 Å². The fourth-order valence-electron chi connectivity index (χ4n) is 3.63. The third-order valence-electron chi connectivity index (χ3n) is 5.76. The summed E-state index contributed by atoms with van der Waals surface area (Å²) in [6, 6.07) is 11.4. The summed E-state index contributed by atoms with van der Waals surface area (Å²) in [5, 5.41) is 3.28. The number of thiocarbonyl (C=S) groups is 1. The number of anilines is 1. The average molecular weight is 495 g/mol. The van der Waals surface area contributed by atoms with E-state index in [2.05, 4.69) is 5.32 Å². The lowest BCUT2D eigenvalue weighted by molar-refractivity contribution is -0.123. The zero-order chi connectivity index (χ0) is 24.4. The number of methoxy groups -OCH3 is 1. The Kier molecular flexibility index (Phi) is 7.04. The zero-order valence-electron chi connectivity index (χ0n) is 19.5. The molecule has 1 atom stereocenters. The highest BCUT2D eigenvalue weighted by molar-refractivity contribution is 8.26. The molecule has 3 heterocycles. The van der Waals surface area contributed by atoms with E-state index in [4.69, 9.17) is 21.9 Å². The van der Waals surface area contributed by atoms with Crippen molar-refractivity contribution in [2.45, 2.75) is 39.8 Å². The maximum absolute atomic E-state index is 13.5. The number of thioether (sulfide) groups is 1. The van der Waals surface area contributed by atoms with Crippen LogP contribution in [0.15, 0.2) is 52.3 Å². The number of nitrogens with one attached hydrogen (secondary N) is 1. The van der Waals surface area contributed by atoms with Gasteiger partial charge < -0.3 is 10.1 Å². The van der Waals surface area contributed by atoms with E-state index in [-0.39, 0.29) is 17.5 Å². The smallest absolute Gasteiger partial charge is 0.267 e. The molecule has 0 aliphatic carbocycles. The zero-order valence-corrected chi connectivity index (χ0v) is 21.1. The predicted molar refractivity (Wildman–Crippen MR) is 141 cm³/mol. The van der Waals surface area contributed by atoms with Gasteiger partial charge in [-0.1, -0.05) is 49.1 Å². The molecule has 0 unspecified atom stereocenters. The van der Waals surface area contributed by atoms with Crippen molar-refractivity contribution in [3.63, 3.8) is 0 Å². The van der Waals surface area contributed by atoms with Gasteiger partial charge in [0.15, 0.2) is 0 Å². The number of amides is 1. The molecular weight excluding hydrogens is 468 g/mol. The molecule has 1 N–H and O–H groups in total. The van der Waals surface area contributed by atoms with Crippen LogP contribution in [0.4, 0.5) is 5.82 Å². The standard InChI is InChI=1S/C25H26N4O3S2/c1-5-16(3)29-24(31)20(34-25(29)33)12-19-22(26-13-17-7-9-18(32-4)10-8-17)27-21-11-6-15(2)14-28(21)23(19)30/h6-12,14,16,26H,5,13H2,1-4H3/b20-12+/t16-/m1/s1. The number of carbonyl (C=O) groups is 1. The van der Waals surface area contributed by atoms with Gasteiger partial charge in [-0.3, -0.25) is 18.9 Å². The Labute approximate surface area is 207 Å². The van der Waals surface area contributed by atoms with Crippen molar-refractivity contribution in [3.05, 3.63) is 74.5 Å². The Morgan fingerprint density at radius 1 is 1.21 bits per heavy atom. The molecule has 1 aliphatic heterocycles. The van der Waals surface area contributed by atoms with Crippen molar-refractivity contribution in [1.82, 2.24) is 14.3 Å². The highest BCUT2D eigenvalue weighted by Crippen LogP contribution is 2.35. The van der Waals surface area contributed by atoms with Crippen LogP contribution in [-0.2, 0) is 11.3 Å². The number of pyridine rings is 1. The van der Waals surface area contributed by atoms with Crippen LogP contribution in [0.1, 0.15) is 37.0 Å². The van der Waals surface area contributed by atoms with Crippen molar-refractivity contribution in [2.24, 2.45) is 0 Å². The molecule has 1 amide bonds. The van der Waals surface area contributed by atoms with Crippen molar-refractivity contribution in [1.29, 1.82) is 0 Å². The van der Waals surface area contributed by atoms with Crippen molar-refractivity contribution in [3.8, 4) is 5.75 Å². The summed E-state index contributed by atoms with van der Waals surface area (Å²) in [7, 11) is 1.62. The van der Waals surface area contributed by atoms with Gasteiger partial charge in [-0.15, -0.1) is 0 Å². The summed E-state index contributed by atoms with van der Waals surface area (Å²) in [5.74, 6) is 1.00. The molecule has 2 aromatic heterocycles. The number of hydrogen-bond donors (Lipinski definition) is 1. The van der Waals surface area contributed by atoms with Gasteiger partial charge in [0.2, 0.25) is 0 Å². The lowest BCUT2D eigenvalue weighted by Gasteiger charge is -2.21. The monoisotopic (exact) mass is 494 g/mol. The molecule has 0 saturated carbocycles. The summed E-state index contributed by atoms with van der Waals surface area (Å²) in [6.45, 7) is 6.34. The Morgan fingerprint density at radius 3 is 2.62 bits per heavy atom. The number of fused-ring (bicyclic) bond motifs is 1. The van der Waals surface area contributed by atoms with Crippen molar-refractivity contribution in [2.75, 3.05) is 12.4 Å². The Bertz CT molecular complexity index is 1350. The Balaban J connectivity index is 1.76. The summed E-state index contributed by atoms with van der Waals surface area (Å²) < 4.78 is 7.23. The molecule has 1 aromatic carbocycles. The summed E-state index contributed by atoms with van der Waals surface area (Å²) in [4.78, 5) is 33.3. The number of nitrogens with zero attached hydrogens (tertiary/aromatic N) is 3. The summed E-state index contributed by atoms with van der Waals surface area (Å²) in [5.41, 5.74) is 2.53. The number of hydrogen-bond acceptors (Lipinski definition) is 7. The van der Waals surface area contributed by atoms with Crippen LogP contribution in [0.25, 0.3) is 11.7 Å². The van der Waals surface area contributed by atoms with Gasteiger partial charge in [-0.25, -0.2) is 4.98 Å². The second-order valence-corrected chi connectivity index (χ2v) is 9.80. The van der Waals surface area contributed by atoms with Crippen LogP contribution in [0, 0.1) is 6.92 Å². The van der Waals surface area contributed by atoms with Crippen LogP contribution < -0.4 is 15.6 Å². The SMILES string of the molecule is CC[C@@H](C)N1C(=O)/C(=C\c2c(NCc3ccc(OC)cc3)nc3ccc(C)cn3c2=O)SC1=S. The predicted octanol–water partition coefficient (Wildman–Crippen LogP) is 4.62. The van der Waals surface area contributed by atoms with E-state index < -0.39 is 0 Å². The van der Waals surface area contributed by atoms with E-state index in [1.807, 2.05) is 57.2 Å². The number of ether oxygens (including phenoxy) is 1. The van der Waals surface area contributed by atoms with Gasteiger partial charge >= 0.3 is 0 Å². The molecule has 34 heavy (non-hydrogen) atoms. The first-order valence-corrected chi connectivity index (χ1v) is 12.2. The number of aryl methyl sites for hydroxylation is 1. The van der Waals surface area contributed by atoms with E-state index in [0.29, 0.717) is 32.8 Å². The van der Waals surface area contributed by atoms with Crippen molar-refractivity contribution >= 4 is 51.7 Å². The molecule has 3 aromatic rings. The van der Waals surface area contributed by atoms with Gasteiger partial charge in [0.25, 0.3) is 11.5 Å². The molecule has 0 bridgehead atoms. The van der Waals surface area contributed by atoms with Crippen LogP contribution in [0.3, 0.4) is 0 Å². The first-order chi connectivity index (χ1) is 16.3. The first-order valence-electron chi connectivity index (χ1n) is 11.0. The van der Waals surface area contributed by atoms with E-state index in [1.165, 1.54) is 16.2 Å². The average Bonchev–Trinajstić information content (AvgIpc) is 3.12. The minimum Gasteiger partial charge on any atom is -0.497 e. The second kappa shape index (κ2) is 9.99. The molecular formula is C25H26N4O3S2. The van der Waals surface area contributed by atoms with Crippen LogP contribution in [0.2, 0.25) is 0 Å². The largest absolute Gasteiger partial charge is 0.497 e. The third kappa shape index (κ3) is 4.71. The van der Waals surface area contributed by atoms with Gasteiger partial charge in [-0.05, 0) is 55.7 Å². The quantitative estimate of drug-likeness (QED) is 0.379. The molecule has 176 valence electrons. The lowest BCUT2D eigenvalue weighted by Crippen LogP contribution is -2.36. The number of benzene rings is 1. The van der Waals surface area contributed by atoms with Crippen LogP contribution in [-0.4, -0.2) is 37.7 Å². The Morgan fingerprint density at radius 2 is 1.94 bits per heavy atom. The van der Waals surface area contributed by atoms with Crippen molar-refractivity contribution < 1.29 is 9.53 Å². The number of aromatic nitrogens is 2. The summed E-state index contributed by atoms with van der Waals surface area (Å²) in [6.07, 6.45) is 4.15. The minimum atomic E-state index is -0.250. The fraction of sp³-hybridized carbons (Fsp3) is 0.280. The molecule has 1 aliphatic rings. The highest BCUT2D eigenvalue weighted by Gasteiger charge is 2.35. The number of rotatable bonds is 7. The molecule has 9 heteroatoms. The molecule has 0 radical (unpaired) electrons. The maximum Gasteiger partial charge on any atom is 0.267 e. The van der Waals surface area contributed by atoms with E-state index in [1.54, 1.807) is 24.3 Å². The molecule has 1 saturated heterocycles. The highest BCUT2D eigenvalue weighted by atomic mass is 32.2. The van der Waals surface area contributed by atoms with E-state index in [0.717, 1.165) is 23.3 Å².